The number of likely N-dealkylation sites (tertiary alicyclic amines) is 1. The van der Waals surface area contributed by atoms with Crippen LogP contribution in [0.4, 0.5) is 9.59 Å². The van der Waals surface area contributed by atoms with Crippen LogP contribution < -0.4 is 16.1 Å². The highest BCUT2D eigenvalue weighted by molar-refractivity contribution is 5.93. The molecule has 3 aliphatic rings. The molecule has 2 aromatic carbocycles. The second-order valence-electron chi connectivity index (χ2n) is 14.2. The molecule has 5 rings (SSSR count). The number of carbonyl (C=O) groups excluding carboxylic acids is 5. The molecular weight excluding hydrogens is 602 g/mol. The Morgan fingerprint density at radius 1 is 1.02 bits per heavy atom. The van der Waals surface area contributed by atoms with Crippen molar-refractivity contribution in [3.63, 3.8) is 0 Å². The van der Waals surface area contributed by atoms with Gasteiger partial charge in [0, 0.05) is 19.5 Å². The molecule has 12 heteroatoms. The Balaban J connectivity index is 1.36. The number of piperidine rings is 1. The summed E-state index contributed by atoms with van der Waals surface area (Å²) in [6.07, 6.45) is -0.852. The van der Waals surface area contributed by atoms with Crippen LogP contribution in [0.25, 0.3) is 0 Å². The van der Waals surface area contributed by atoms with Gasteiger partial charge in [0.2, 0.25) is 11.8 Å². The third-order valence-electron chi connectivity index (χ3n) is 9.27. The number of hydrazine groups is 1. The number of ether oxygens (including phenoxy) is 2. The van der Waals surface area contributed by atoms with E-state index in [1.807, 2.05) is 60.7 Å². The molecule has 2 saturated heterocycles. The molecule has 3 fully saturated rings. The molecule has 0 bridgehead atoms. The summed E-state index contributed by atoms with van der Waals surface area (Å²) in [5.74, 6) is -1.80. The van der Waals surface area contributed by atoms with E-state index < -0.39 is 47.6 Å². The summed E-state index contributed by atoms with van der Waals surface area (Å²) in [5.41, 5.74) is 3.28. The fraction of sp³-hybridized carbons (Fsp3) is 0.514. The molecule has 5 atom stereocenters. The normalized spacial score (nSPS) is 23.2. The van der Waals surface area contributed by atoms with E-state index in [2.05, 4.69) is 29.9 Å². The minimum Gasteiger partial charge on any atom is -0.445 e. The van der Waals surface area contributed by atoms with E-state index in [1.54, 1.807) is 20.8 Å². The molecular formula is C35H45N5O7. The van der Waals surface area contributed by atoms with Crippen LogP contribution in [0.3, 0.4) is 0 Å². The zero-order valence-electron chi connectivity index (χ0n) is 27.7. The Morgan fingerprint density at radius 3 is 2.26 bits per heavy atom. The van der Waals surface area contributed by atoms with Crippen LogP contribution in [0.1, 0.15) is 52.2 Å². The number of nitrogens with zero attached hydrogens (tertiary/aromatic N) is 2. The Bertz CT molecular complexity index is 1480. The topological polar surface area (TPSA) is 146 Å². The quantitative estimate of drug-likeness (QED) is 0.354. The van der Waals surface area contributed by atoms with Gasteiger partial charge in [-0.05, 0) is 55.6 Å². The molecule has 1 aliphatic carbocycles. The van der Waals surface area contributed by atoms with Crippen LogP contribution in [-0.4, -0.2) is 77.1 Å². The first-order chi connectivity index (χ1) is 22.2. The molecule has 1 unspecified atom stereocenters. The van der Waals surface area contributed by atoms with Gasteiger partial charge in [0.25, 0.3) is 5.91 Å². The van der Waals surface area contributed by atoms with Crippen molar-refractivity contribution in [3.05, 3.63) is 71.8 Å². The maximum absolute atomic E-state index is 14.3. The summed E-state index contributed by atoms with van der Waals surface area (Å²) in [6, 6.07) is 16.6. The monoisotopic (exact) mass is 647 g/mol. The molecule has 0 aromatic heterocycles. The molecule has 12 nitrogen and oxygen atoms in total. The summed E-state index contributed by atoms with van der Waals surface area (Å²) in [7, 11) is 0. The SMILES string of the molecule is CC(C)(C)OC(=O)N(C[C@@H]1CCNC1=O)NC(=O)[C@@H]1[C@@H]2[C@H](CN1C(=O)C(Cc1ccccc1)NC(=O)OCc1ccccc1)C2(C)C. The first kappa shape index (κ1) is 33.7. The van der Waals surface area contributed by atoms with Crippen molar-refractivity contribution in [1.82, 2.24) is 26.0 Å². The van der Waals surface area contributed by atoms with Gasteiger partial charge in [0.05, 0.1) is 12.5 Å². The standard InChI is InChI=1S/C35H45N5O7/c1-34(2,3)47-33(45)40(19-24-16-17-36-29(24)41)38-30(42)28-27-25(35(27,4)5)20-39(28)31(43)26(18-22-12-8-6-9-13-22)37-32(44)46-21-23-14-10-7-11-15-23/h6-15,24-28H,16-21H2,1-5H3,(H,36,41)(H,37,44)(H,38,42)/t24-,25-,26?,27-,28-/m0/s1. The molecule has 252 valence electrons. The maximum Gasteiger partial charge on any atom is 0.429 e. The Hall–Kier alpha value is -4.61. The summed E-state index contributed by atoms with van der Waals surface area (Å²) in [5, 5.41) is 6.55. The van der Waals surface area contributed by atoms with Crippen molar-refractivity contribution in [2.24, 2.45) is 23.2 Å². The lowest BCUT2D eigenvalue weighted by molar-refractivity contribution is -0.144. The first-order valence-corrected chi connectivity index (χ1v) is 16.1. The van der Waals surface area contributed by atoms with Crippen molar-refractivity contribution >= 4 is 29.9 Å². The zero-order valence-corrected chi connectivity index (χ0v) is 27.7. The van der Waals surface area contributed by atoms with Crippen LogP contribution in [-0.2, 0) is 36.9 Å². The lowest BCUT2D eigenvalue weighted by Gasteiger charge is -2.35. The highest BCUT2D eigenvalue weighted by Crippen LogP contribution is 2.65. The first-order valence-electron chi connectivity index (χ1n) is 16.1. The third-order valence-corrected chi connectivity index (χ3v) is 9.27. The van der Waals surface area contributed by atoms with Crippen LogP contribution >= 0.6 is 0 Å². The van der Waals surface area contributed by atoms with Crippen LogP contribution in [0, 0.1) is 23.2 Å². The van der Waals surface area contributed by atoms with Gasteiger partial charge in [-0.15, -0.1) is 0 Å². The van der Waals surface area contributed by atoms with E-state index in [9.17, 15) is 24.0 Å². The molecule has 3 N–H and O–H groups in total. The highest BCUT2D eigenvalue weighted by atomic mass is 16.6. The molecule has 0 radical (unpaired) electrons. The molecule has 2 aromatic rings. The van der Waals surface area contributed by atoms with Crippen molar-refractivity contribution in [1.29, 1.82) is 0 Å². The van der Waals surface area contributed by atoms with Crippen LogP contribution in [0.5, 0.6) is 0 Å². The molecule has 1 saturated carbocycles. The van der Waals surface area contributed by atoms with Crippen molar-refractivity contribution in [2.75, 3.05) is 19.6 Å². The van der Waals surface area contributed by atoms with E-state index in [0.29, 0.717) is 19.5 Å². The van der Waals surface area contributed by atoms with Crippen molar-refractivity contribution < 1.29 is 33.4 Å². The smallest absolute Gasteiger partial charge is 0.429 e. The Labute approximate surface area is 275 Å². The number of benzene rings is 2. The van der Waals surface area contributed by atoms with Crippen molar-refractivity contribution in [3.8, 4) is 0 Å². The van der Waals surface area contributed by atoms with Crippen LogP contribution in [0.2, 0.25) is 0 Å². The van der Waals surface area contributed by atoms with Crippen molar-refractivity contribution in [2.45, 2.75) is 71.8 Å². The van der Waals surface area contributed by atoms with E-state index in [-0.39, 0.29) is 42.7 Å². The van der Waals surface area contributed by atoms with E-state index in [1.165, 1.54) is 4.90 Å². The number of nitrogens with one attached hydrogen (secondary N) is 3. The number of fused-ring (bicyclic) bond motifs is 1. The predicted molar refractivity (Wildman–Crippen MR) is 172 cm³/mol. The van der Waals surface area contributed by atoms with Gasteiger partial charge in [-0.1, -0.05) is 74.5 Å². The molecule has 47 heavy (non-hydrogen) atoms. The van der Waals surface area contributed by atoms with E-state index >= 15 is 0 Å². The summed E-state index contributed by atoms with van der Waals surface area (Å²) >= 11 is 0. The average Bonchev–Trinajstić information content (AvgIpc) is 3.35. The van der Waals surface area contributed by atoms with Gasteiger partial charge in [-0.2, -0.15) is 0 Å². The lowest BCUT2D eigenvalue weighted by atomic mass is 9.98. The fourth-order valence-electron chi connectivity index (χ4n) is 6.69. The van der Waals surface area contributed by atoms with Gasteiger partial charge in [0.15, 0.2) is 0 Å². The summed E-state index contributed by atoms with van der Waals surface area (Å²) in [6.45, 7) is 10.0. The number of amides is 5. The third kappa shape index (κ3) is 8.04. The molecule has 0 spiro atoms. The van der Waals surface area contributed by atoms with Gasteiger partial charge < -0.3 is 25.0 Å². The minimum atomic E-state index is -1.01. The van der Waals surface area contributed by atoms with E-state index in [0.717, 1.165) is 16.1 Å². The molecule has 2 heterocycles. The number of hydrogen-bond donors (Lipinski definition) is 3. The van der Waals surface area contributed by atoms with Crippen LogP contribution in [0.15, 0.2) is 60.7 Å². The number of alkyl carbamates (subject to hydrolysis) is 1. The van der Waals surface area contributed by atoms with Gasteiger partial charge in [-0.3, -0.25) is 19.8 Å². The highest BCUT2D eigenvalue weighted by Gasteiger charge is 2.69. The van der Waals surface area contributed by atoms with Gasteiger partial charge >= 0.3 is 12.2 Å². The molecule has 2 aliphatic heterocycles. The number of carbonyl (C=O) groups is 5. The zero-order chi connectivity index (χ0) is 33.9. The fourth-order valence-corrected chi connectivity index (χ4v) is 6.69. The predicted octanol–water partition coefficient (Wildman–Crippen LogP) is 3.41. The minimum absolute atomic E-state index is 0.0333. The second-order valence-corrected chi connectivity index (χ2v) is 14.2. The second kappa shape index (κ2) is 13.6. The molecule has 5 amide bonds. The van der Waals surface area contributed by atoms with E-state index in [4.69, 9.17) is 9.47 Å². The largest absolute Gasteiger partial charge is 0.445 e. The summed E-state index contributed by atoms with van der Waals surface area (Å²) < 4.78 is 11.0. The van der Waals surface area contributed by atoms with Gasteiger partial charge in [0.1, 0.15) is 24.3 Å². The Kier molecular flexibility index (Phi) is 9.78. The number of rotatable bonds is 9. The number of hydrogen-bond acceptors (Lipinski definition) is 7. The lowest BCUT2D eigenvalue weighted by Crippen LogP contribution is -2.60. The Morgan fingerprint density at radius 2 is 1.66 bits per heavy atom. The van der Waals surface area contributed by atoms with Gasteiger partial charge in [-0.25, -0.2) is 14.6 Å². The average molecular weight is 648 g/mol. The summed E-state index contributed by atoms with van der Waals surface area (Å²) in [4.78, 5) is 68.5. The maximum atomic E-state index is 14.3.